The van der Waals surface area contributed by atoms with Crippen LogP contribution >= 0.6 is 0 Å². The van der Waals surface area contributed by atoms with Crippen LogP contribution in [0, 0.1) is 0 Å². The molecule has 0 radical (unpaired) electrons. The molecule has 1 aromatic carbocycles. The lowest BCUT2D eigenvalue weighted by Crippen LogP contribution is -2.53. The van der Waals surface area contributed by atoms with Crippen LogP contribution in [-0.2, 0) is 20.7 Å². The number of carboxylic acids is 1. The van der Waals surface area contributed by atoms with Crippen LogP contribution in [0.2, 0.25) is 0 Å². The summed E-state index contributed by atoms with van der Waals surface area (Å²) < 4.78 is 5.23. The second-order valence-corrected chi connectivity index (χ2v) is 7.62. The van der Waals surface area contributed by atoms with Crippen LogP contribution in [0.5, 0.6) is 0 Å². The van der Waals surface area contributed by atoms with Crippen LogP contribution in [0.25, 0.3) is 0 Å². The van der Waals surface area contributed by atoms with Crippen molar-refractivity contribution in [2.75, 3.05) is 6.54 Å². The number of nitrogens with zero attached hydrogens (tertiary/aromatic N) is 1. The summed E-state index contributed by atoms with van der Waals surface area (Å²) in [5.74, 6) is -1.75. The number of hydrogen-bond donors (Lipinski definition) is 3. The fourth-order valence-corrected chi connectivity index (χ4v) is 2.99. The summed E-state index contributed by atoms with van der Waals surface area (Å²) in [5.41, 5.74) is 0.0660. The molecule has 8 nitrogen and oxygen atoms in total. The maximum Gasteiger partial charge on any atom is 0.408 e. The molecule has 27 heavy (non-hydrogen) atoms. The third-order valence-corrected chi connectivity index (χ3v) is 4.12. The first-order valence-corrected chi connectivity index (χ1v) is 8.81. The lowest BCUT2D eigenvalue weighted by molar-refractivity contribution is -0.149. The predicted octanol–water partition coefficient (Wildman–Crippen LogP) is 1.17. The minimum atomic E-state index is -1.18. The van der Waals surface area contributed by atoms with E-state index in [4.69, 9.17) is 4.74 Å². The third kappa shape index (κ3) is 5.96. The number of alkyl carbamates (subject to hydrolysis) is 1. The zero-order valence-corrected chi connectivity index (χ0v) is 15.7. The molecule has 1 fully saturated rings. The summed E-state index contributed by atoms with van der Waals surface area (Å²) >= 11 is 0. The molecule has 148 valence electrons. The highest BCUT2D eigenvalue weighted by molar-refractivity contribution is 5.90. The predicted molar refractivity (Wildman–Crippen MR) is 97.1 cm³/mol. The molecular formula is C19H26N2O6. The van der Waals surface area contributed by atoms with Gasteiger partial charge in [-0.15, -0.1) is 0 Å². The van der Waals surface area contributed by atoms with Crippen LogP contribution in [-0.4, -0.2) is 63.4 Å². The van der Waals surface area contributed by atoms with Gasteiger partial charge in [0.1, 0.15) is 17.7 Å². The van der Waals surface area contributed by atoms with Crippen LogP contribution < -0.4 is 5.32 Å². The molecular weight excluding hydrogens is 352 g/mol. The first-order valence-electron chi connectivity index (χ1n) is 8.81. The minimum absolute atomic E-state index is 0.0361. The zero-order chi connectivity index (χ0) is 20.2. The number of ether oxygens (including phenoxy) is 1. The average Bonchev–Trinajstić information content (AvgIpc) is 2.95. The van der Waals surface area contributed by atoms with Gasteiger partial charge < -0.3 is 25.2 Å². The number of amides is 2. The lowest BCUT2D eigenvalue weighted by atomic mass is 10.0. The maximum atomic E-state index is 13.0. The van der Waals surface area contributed by atoms with Crippen molar-refractivity contribution in [3.05, 3.63) is 35.9 Å². The van der Waals surface area contributed by atoms with Crippen molar-refractivity contribution in [2.24, 2.45) is 0 Å². The van der Waals surface area contributed by atoms with Crippen molar-refractivity contribution in [1.82, 2.24) is 10.2 Å². The first-order chi connectivity index (χ1) is 12.6. The quantitative estimate of drug-likeness (QED) is 0.708. The normalized spacial score (nSPS) is 20.8. The van der Waals surface area contributed by atoms with Crippen molar-refractivity contribution in [1.29, 1.82) is 0 Å². The fraction of sp³-hybridized carbons (Fsp3) is 0.526. The number of hydrogen-bond acceptors (Lipinski definition) is 5. The molecule has 1 heterocycles. The van der Waals surface area contributed by atoms with E-state index >= 15 is 0 Å². The summed E-state index contributed by atoms with van der Waals surface area (Å²) in [5, 5.41) is 21.7. The molecule has 2 rings (SSSR count). The molecule has 2 amide bonds. The number of β-amino-alcohol motifs (C(OH)–C–C–N with tert-alkyl or cyclic N) is 1. The zero-order valence-electron chi connectivity index (χ0n) is 15.7. The summed E-state index contributed by atoms with van der Waals surface area (Å²) in [6, 6.07) is 6.95. The van der Waals surface area contributed by atoms with E-state index in [9.17, 15) is 24.6 Å². The highest BCUT2D eigenvalue weighted by Gasteiger charge is 2.41. The number of aliphatic hydroxyl groups excluding tert-OH is 1. The first kappa shape index (κ1) is 20.7. The number of nitrogens with one attached hydrogen (secondary N) is 1. The molecule has 0 bridgehead atoms. The minimum Gasteiger partial charge on any atom is -0.480 e. The van der Waals surface area contributed by atoms with E-state index < -0.39 is 41.8 Å². The highest BCUT2D eigenvalue weighted by Crippen LogP contribution is 2.20. The van der Waals surface area contributed by atoms with E-state index in [1.807, 2.05) is 30.3 Å². The van der Waals surface area contributed by atoms with Crippen LogP contribution in [0.15, 0.2) is 30.3 Å². The van der Waals surface area contributed by atoms with Crippen LogP contribution in [0.3, 0.4) is 0 Å². The molecule has 1 saturated heterocycles. The van der Waals surface area contributed by atoms with Crippen molar-refractivity contribution in [2.45, 2.75) is 57.4 Å². The van der Waals surface area contributed by atoms with Gasteiger partial charge in [0.2, 0.25) is 5.91 Å². The van der Waals surface area contributed by atoms with Gasteiger partial charge in [0, 0.05) is 19.4 Å². The molecule has 8 heteroatoms. The van der Waals surface area contributed by atoms with Crippen molar-refractivity contribution >= 4 is 18.0 Å². The second kappa shape index (κ2) is 8.39. The van der Waals surface area contributed by atoms with E-state index in [0.717, 1.165) is 10.5 Å². The van der Waals surface area contributed by atoms with Crippen molar-refractivity contribution in [3.63, 3.8) is 0 Å². The number of aliphatic hydroxyl groups is 1. The van der Waals surface area contributed by atoms with Crippen LogP contribution in [0.1, 0.15) is 32.8 Å². The second-order valence-electron chi connectivity index (χ2n) is 7.62. The van der Waals surface area contributed by atoms with Crippen LogP contribution in [0.4, 0.5) is 4.79 Å². The Morgan fingerprint density at radius 3 is 2.44 bits per heavy atom. The number of carbonyl (C=O) groups excluding carboxylic acids is 2. The van der Waals surface area contributed by atoms with Gasteiger partial charge in [-0.05, 0) is 26.3 Å². The summed E-state index contributed by atoms with van der Waals surface area (Å²) in [6.45, 7) is 5.03. The van der Waals surface area contributed by atoms with Crippen molar-refractivity contribution < 1.29 is 29.3 Å². The Morgan fingerprint density at radius 1 is 1.26 bits per heavy atom. The van der Waals surface area contributed by atoms with E-state index in [1.54, 1.807) is 20.8 Å². The third-order valence-electron chi connectivity index (χ3n) is 4.12. The monoisotopic (exact) mass is 378 g/mol. The summed E-state index contributed by atoms with van der Waals surface area (Å²) in [7, 11) is 0. The number of likely N-dealkylation sites (tertiary alicyclic amines) is 1. The smallest absolute Gasteiger partial charge is 0.408 e. The number of benzene rings is 1. The van der Waals surface area contributed by atoms with Gasteiger partial charge in [-0.3, -0.25) is 4.79 Å². The Kier molecular flexibility index (Phi) is 6.43. The summed E-state index contributed by atoms with van der Waals surface area (Å²) in [4.78, 5) is 37.7. The SMILES string of the molecule is CC(C)(C)OC(=O)N[C@@H](Cc1ccccc1)C(=O)N1C[C@H](O)C[C@H]1C(=O)O. The number of carboxylic acid groups (broad SMARTS) is 1. The molecule has 0 unspecified atom stereocenters. The lowest BCUT2D eigenvalue weighted by Gasteiger charge is -2.28. The standard InChI is InChI=1S/C19H26N2O6/c1-19(2,3)27-18(26)20-14(9-12-7-5-4-6-8-12)16(23)21-11-13(22)10-15(21)17(24)25/h4-8,13-15,22H,9-11H2,1-3H3,(H,20,26)(H,24,25)/t13-,14+,15+/m1/s1. The topological polar surface area (TPSA) is 116 Å². The summed E-state index contributed by atoms with van der Waals surface area (Å²) in [6.07, 6.45) is -1.53. The van der Waals surface area contributed by atoms with E-state index in [2.05, 4.69) is 5.32 Å². The number of aliphatic carboxylic acids is 1. The average molecular weight is 378 g/mol. The van der Waals surface area contributed by atoms with Gasteiger partial charge in [0.25, 0.3) is 0 Å². The Morgan fingerprint density at radius 2 is 1.89 bits per heavy atom. The molecule has 3 atom stereocenters. The number of carbonyl (C=O) groups is 3. The van der Waals surface area contributed by atoms with E-state index in [-0.39, 0.29) is 19.4 Å². The Labute approximate surface area is 158 Å². The van der Waals surface area contributed by atoms with Gasteiger partial charge >= 0.3 is 12.1 Å². The molecule has 3 N–H and O–H groups in total. The molecule has 0 spiro atoms. The largest absolute Gasteiger partial charge is 0.480 e. The molecule has 0 aliphatic carbocycles. The van der Waals surface area contributed by atoms with E-state index in [0.29, 0.717) is 0 Å². The fourth-order valence-electron chi connectivity index (χ4n) is 2.99. The van der Waals surface area contributed by atoms with E-state index in [1.165, 1.54) is 0 Å². The van der Waals surface area contributed by atoms with Gasteiger partial charge in [-0.25, -0.2) is 9.59 Å². The van der Waals surface area contributed by atoms with Gasteiger partial charge in [0.15, 0.2) is 0 Å². The van der Waals surface area contributed by atoms with Gasteiger partial charge in [-0.1, -0.05) is 30.3 Å². The molecule has 1 aliphatic heterocycles. The van der Waals surface area contributed by atoms with Crippen molar-refractivity contribution in [3.8, 4) is 0 Å². The molecule has 1 aromatic rings. The van der Waals surface area contributed by atoms with Gasteiger partial charge in [-0.2, -0.15) is 0 Å². The highest BCUT2D eigenvalue weighted by atomic mass is 16.6. The Hall–Kier alpha value is -2.61. The Balaban J connectivity index is 2.21. The molecule has 0 aromatic heterocycles. The maximum absolute atomic E-state index is 13.0. The van der Waals surface area contributed by atoms with Gasteiger partial charge in [0.05, 0.1) is 6.10 Å². The molecule has 1 aliphatic rings. The number of rotatable bonds is 5. The molecule has 0 saturated carbocycles. The Bertz CT molecular complexity index is 685.